The van der Waals surface area contributed by atoms with Gasteiger partial charge in [-0.05, 0) is 38.5 Å². The van der Waals surface area contributed by atoms with Gasteiger partial charge >= 0.3 is 6.09 Å². The van der Waals surface area contributed by atoms with Crippen molar-refractivity contribution in [3.63, 3.8) is 0 Å². The third kappa shape index (κ3) is 3.46. The molecule has 0 bridgehead atoms. The molecule has 5 nitrogen and oxygen atoms in total. The summed E-state index contributed by atoms with van der Waals surface area (Å²) in [4.78, 5) is 16.4. The predicted octanol–water partition coefficient (Wildman–Crippen LogP) is 3.98. The molecule has 3 aromatic rings. The minimum atomic E-state index is -0.529. The summed E-state index contributed by atoms with van der Waals surface area (Å²) < 4.78 is 6.85. The van der Waals surface area contributed by atoms with Crippen molar-refractivity contribution in [3.05, 3.63) is 54.6 Å². The van der Waals surface area contributed by atoms with Crippen LogP contribution in [0.4, 0.5) is 4.79 Å². The molecule has 3 rings (SSSR count). The van der Waals surface area contributed by atoms with E-state index in [0.29, 0.717) is 5.69 Å². The zero-order valence-corrected chi connectivity index (χ0v) is 14.0. The Balaban J connectivity index is 1.92. The highest BCUT2D eigenvalue weighted by molar-refractivity contribution is 5.90. The van der Waals surface area contributed by atoms with Gasteiger partial charge in [-0.1, -0.05) is 18.2 Å². The minimum absolute atomic E-state index is 0.0714. The molecular formula is C19H20N2O3. The average molecular weight is 324 g/mol. The van der Waals surface area contributed by atoms with Gasteiger partial charge in [0, 0.05) is 34.9 Å². The molecule has 0 atom stereocenters. The van der Waals surface area contributed by atoms with Crippen molar-refractivity contribution in [2.45, 2.75) is 33.0 Å². The van der Waals surface area contributed by atoms with Crippen molar-refractivity contribution < 1.29 is 14.6 Å². The van der Waals surface area contributed by atoms with Crippen LogP contribution >= 0.6 is 0 Å². The van der Waals surface area contributed by atoms with Crippen molar-refractivity contribution in [1.29, 1.82) is 0 Å². The highest BCUT2D eigenvalue weighted by atomic mass is 16.6. The van der Waals surface area contributed by atoms with Gasteiger partial charge in [-0.2, -0.15) is 0 Å². The fourth-order valence-corrected chi connectivity index (χ4v) is 2.43. The molecule has 1 aromatic carbocycles. The second-order valence-corrected chi connectivity index (χ2v) is 6.69. The van der Waals surface area contributed by atoms with Crippen LogP contribution < -0.4 is 0 Å². The molecule has 0 aliphatic heterocycles. The normalized spacial score (nSPS) is 11.7. The number of benzene rings is 1. The van der Waals surface area contributed by atoms with Crippen LogP contribution in [0.15, 0.2) is 48.9 Å². The maximum absolute atomic E-state index is 12.2. The molecule has 0 spiro atoms. The predicted molar refractivity (Wildman–Crippen MR) is 92.7 cm³/mol. The molecule has 0 amide bonds. The Morgan fingerprint density at radius 2 is 1.83 bits per heavy atom. The van der Waals surface area contributed by atoms with Gasteiger partial charge in [-0.25, -0.2) is 4.79 Å². The number of pyridine rings is 1. The maximum atomic E-state index is 12.2. The van der Waals surface area contributed by atoms with Crippen LogP contribution in [0.2, 0.25) is 0 Å². The summed E-state index contributed by atoms with van der Waals surface area (Å²) in [7, 11) is 0. The molecule has 0 fully saturated rings. The van der Waals surface area contributed by atoms with E-state index in [1.807, 2.05) is 45.0 Å². The number of hydrogen-bond acceptors (Lipinski definition) is 4. The number of ether oxygens (including phenoxy) is 1. The first-order valence-corrected chi connectivity index (χ1v) is 7.77. The minimum Gasteiger partial charge on any atom is -0.443 e. The molecule has 0 radical (unpaired) electrons. The third-order valence-corrected chi connectivity index (χ3v) is 3.57. The lowest BCUT2D eigenvalue weighted by molar-refractivity contribution is 0.0538. The van der Waals surface area contributed by atoms with Crippen LogP contribution in [0.3, 0.4) is 0 Å². The molecule has 2 aromatic heterocycles. The van der Waals surface area contributed by atoms with Crippen LogP contribution in [0.25, 0.3) is 21.9 Å². The van der Waals surface area contributed by atoms with Gasteiger partial charge in [0.25, 0.3) is 0 Å². The second kappa shape index (κ2) is 6.09. The van der Waals surface area contributed by atoms with Gasteiger partial charge in [0.1, 0.15) is 5.60 Å². The van der Waals surface area contributed by atoms with Crippen molar-refractivity contribution in [2.24, 2.45) is 0 Å². The lowest BCUT2D eigenvalue weighted by Crippen LogP contribution is -2.26. The lowest BCUT2D eigenvalue weighted by atomic mass is 10.0. The molecule has 5 heteroatoms. The topological polar surface area (TPSA) is 64.3 Å². The van der Waals surface area contributed by atoms with Gasteiger partial charge in [-0.3, -0.25) is 9.55 Å². The van der Waals surface area contributed by atoms with E-state index in [4.69, 9.17) is 9.84 Å². The van der Waals surface area contributed by atoms with Gasteiger partial charge < -0.3 is 9.84 Å². The summed E-state index contributed by atoms with van der Waals surface area (Å²) in [5.41, 5.74) is 2.06. The van der Waals surface area contributed by atoms with Crippen LogP contribution in [0.1, 0.15) is 26.5 Å². The van der Waals surface area contributed by atoms with Crippen LogP contribution in [0, 0.1) is 0 Å². The summed E-state index contributed by atoms with van der Waals surface area (Å²) in [6.07, 6.45) is 4.87. The van der Waals surface area contributed by atoms with Gasteiger partial charge in [0.05, 0.1) is 12.3 Å². The van der Waals surface area contributed by atoms with E-state index >= 15 is 0 Å². The summed E-state index contributed by atoms with van der Waals surface area (Å²) in [5.74, 6) is 0. The van der Waals surface area contributed by atoms with Crippen LogP contribution in [0.5, 0.6) is 0 Å². The van der Waals surface area contributed by atoms with Gasteiger partial charge in [0.2, 0.25) is 0 Å². The summed E-state index contributed by atoms with van der Waals surface area (Å²) in [5, 5.41) is 11.0. The Morgan fingerprint density at radius 1 is 1.12 bits per heavy atom. The van der Waals surface area contributed by atoms with Crippen LogP contribution in [-0.2, 0) is 11.3 Å². The first kappa shape index (κ1) is 16.2. The van der Waals surface area contributed by atoms with Crippen molar-refractivity contribution in [2.75, 3.05) is 0 Å². The Kier molecular flexibility index (Phi) is 4.11. The second-order valence-electron chi connectivity index (χ2n) is 6.69. The molecule has 0 aliphatic rings. The molecule has 0 aliphatic carbocycles. The van der Waals surface area contributed by atoms with Crippen LogP contribution in [-0.4, -0.2) is 26.4 Å². The Hall–Kier alpha value is -2.66. The van der Waals surface area contributed by atoms with Gasteiger partial charge in [-0.15, -0.1) is 0 Å². The fourth-order valence-electron chi connectivity index (χ4n) is 2.43. The zero-order valence-electron chi connectivity index (χ0n) is 14.0. The highest BCUT2D eigenvalue weighted by Crippen LogP contribution is 2.25. The van der Waals surface area contributed by atoms with Crippen molar-refractivity contribution >= 4 is 16.9 Å². The summed E-state index contributed by atoms with van der Waals surface area (Å²) in [6, 6.07) is 9.67. The van der Waals surface area contributed by atoms with E-state index in [1.54, 1.807) is 24.7 Å². The molecule has 0 unspecified atom stereocenters. The van der Waals surface area contributed by atoms with Crippen molar-refractivity contribution in [1.82, 2.24) is 9.55 Å². The lowest BCUT2D eigenvalue weighted by Gasteiger charge is -2.19. The number of rotatable bonds is 2. The summed E-state index contributed by atoms with van der Waals surface area (Å²) in [6.45, 7) is 5.46. The third-order valence-electron chi connectivity index (χ3n) is 3.57. The van der Waals surface area contributed by atoms with E-state index in [2.05, 4.69) is 4.98 Å². The molecule has 24 heavy (non-hydrogen) atoms. The molecular weight excluding hydrogens is 304 g/mol. The first-order valence-electron chi connectivity index (χ1n) is 7.77. The molecule has 2 heterocycles. The monoisotopic (exact) mass is 324 g/mol. The Morgan fingerprint density at radius 3 is 2.46 bits per heavy atom. The summed E-state index contributed by atoms with van der Waals surface area (Å²) >= 11 is 0. The number of aliphatic hydroxyl groups excluding tert-OH is 1. The van der Waals surface area contributed by atoms with E-state index in [9.17, 15) is 4.79 Å². The number of nitrogens with zero attached hydrogens (tertiary/aromatic N) is 2. The largest absolute Gasteiger partial charge is 0.443 e. The molecule has 0 saturated carbocycles. The number of aliphatic hydroxyl groups is 1. The Bertz CT molecular complexity index is 874. The fraction of sp³-hybridized carbons (Fsp3) is 0.263. The van der Waals surface area contributed by atoms with Gasteiger partial charge in [0.15, 0.2) is 0 Å². The van der Waals surface area contributed by atoms with Crippen molar-refractivity contribution in [3.8, 4) is 11.1 Å². The molecule has 1 N–H and O–H groups in total. The quantitative estimate of drug-likeness (QED) is 0.774. The number of hydrogen-bond donors (Lipinski definition) is 1. The molecule has 124 valence electrons. The number of aromatic nitrogens is 2. The smallest absolute Gasteiger partial charge is 0.418 e. The maximum Gasteiger partial charge on any atom is 0.418 e. The number of carbonyl (C=O) groups excluding carboxylic acids is 1. The first-order chi connectivity index (χ1) is 11.4. The van der Waals surface area contributed by atoms with E-state index in [-0.39, 0.29) is 6.61 Å². The van der Waals surface area contributed by atoms with E-state index in [0.717, 1.165) is 21.9 Å². The Labute approximate surface area is 140 Å². The average Bonchev–Trinajstić information content (AvgIpc) is 2.96. The number of carbonyl (C=O) groups is 1. The van der Waals surface area contributed by atoms with E-state index in [1.165, 1.54) is 4.57 Å². The van der Waals surface area contributed by atoms with E-state index < -0.39 is 11.7 Å². The molecule has 0 saturated heterocycles. The SMILES string of the molecule is CC(C)(C)OC(=O)n1cc2ccc(-c3ccc(CO)nc3)cc2c1. The number of fused-ring (bicyclic) bond motifs is 1. The zero-order chi connectivity index (χ0) is 17.3. The highest BCUT2D eigenvalue weighted by Gasteiger charge is 2.18. The standard InChI is InChI=1S/C19H20N2O3/c1-19(2,3)24-18(23)21-10-15-5-4-13(8-16(15)11-21)14-6-7-17(12-22)20-9-14/h4-11,22H,12H2,1-3H3.